The maximum atomic E-state index is 5.79. The Kier molecular flexibility index (Phi) is 3.30. The van der Waals surface area contributed by atoms with E-state index in [1.165, 1.54) is 17.1 Å². The Morgan fingerprint density at radius 2 is 2.14 bits per heavy atom. The molecule has 1 aromatic heterocycles. The van der Waals surface area contributed by atoms with Gasteiger partial charge in [-0.2, -0.15) is 11.8 Å². The Morgan fingerprint density at radius 3 is 2.79 bits per heavy atom. The van der Waals surface area contributed by atoms with Gasteiger partial charge in [0.15, 0.2) is 0 Å². The summed E-state index contributed by atoms with van der Waals surface area (Å²) in [6, 6.07) is 4.00. The third kappa shape index (κ3) is 2.64. The lowest BCUT2D eigenvalue weighted by atomic mass is 10.2. The van der Waals surface area contributed by atoms with Gasteiger partial charge >= 0.3 is 0 Å². The van der Waals surface area contributed by atoms with Gasteiger partial charge in [0.1, 0.15) is 6.10 Å². The number of hydrogen-bond acceptors (Lipinski definition) is 3. The largest absolute Gasteiger partial charge is 0.474 e. The summed E-state index contributed by atoms with van der Waals surface area (Å²) < 4.78 is 5.79. The first-order valence-electron chi connectivity index (χ1n) is 5.01. The summed E-state index contributed by atoms with van der Waals surface area (Å²) in [5.74, 6) is 3.21. The zero-order chi connectivity index (χ0) is 9.80. The molecule has 0 spiro atoms. The van der Waals surface area contributed by atoms with Crippen molar-refractivity contribution in [2.75, 3.05) is 11.5 Å². The van der Waals surface area contributed by atoms with Crippen LogP contribution in [0.3, 0.4) is 0 Å². The van der Waals surface area contributed by atoms with E-state index in [1.807, 2.05) is 37.0 Å². The normalized spacial score (nSPS) is 18.1. The molecule has 3 heteroatoms. The molecule has 1 fully saturated rings. The Labute approximate surface area is 89.1 Å². The zero-order valence-electron chi connectivity index (χ0n) is 8.40. The molecule has 0 bridgehead atoms. The monoisotopic (exact) mass is 209 g/mol. The van der Waals surface area contributed by atoms with Crippen molar-refractivity contribution in [3.05, 3.63) is 23.9 Å². The number of thioether (sulfide) groups is 1. The molecule has 0 unspecified atom stereocenters. The molecule has 0 amide bonds. The van der Waals surface area contributed by atoms with E-state index >= 15 is 0 Å². The second-order valence-electron chi connectivity index (χ2n) is 3.60. The highest BCUT2D eigenvalue weighted by atomic mass is 32.2. The lowest BCUT2D eigenvalue weighted by molar-refractivity contribution is 0.184. The highest BCUT2D eigenvalue weighted by molar-refractivity contribution is 7.99. The molecule has 0 radical (unpaired) electrons. The van der Waals surface area contributed by atoms with Gasteiger partial charge in [-0.1, -0.05) is 6.07 Å². The molecule has 0 aliphatic carbocycles. The fourth-order valence-corrected chi connectivity index (χ4v) is 2.55. The maximum absolute atomic E-state index is 5.79. The summed E-state index contributed by atoms with van der Waals surface area (Å²) >= 11 is 2.01. The van der Waals surface area contributed by atoms with E-state index in [0.717, 1.165) is 18.7 Å². The van der Waals surface area contributed by atoms with Gasteiger partial charge < -0.3 is 4.74 Å². The Bertz CT molecular complexity index is 280. The van der Waals surface area contributed by atoms with E-state index in [1.54, 1.807) is 0 Å². The van der Waals surface area contributed by atoms with Crippen LogP contribution in [0.1, 0.15) is 18.4 Å². The lowest BCUT2D eigenvalue weighted by Gasteiger charge is -2.21. The molecule has 0 saturated carbocycles. The smallest absolute Gasteiger partial charge is 0.213 e. The quantitative estimate of drug-likeness (QED) is 0.747. The molecule has 1 saturated heterocycles. The third-order valence-electron chi connectivity index (χ3n) is 2.34. The predicted molar refractivity (Wildman–Crippen MR) is 59.9 cm³/mol. The predicted octanol–water partition coefficient (Wildman–Crippen LogP) is 2.66. The van der Waals surface area contributed by atoms with E-state index in [0.29, 0.717) is 6.10 Å². The number of hydrogen-bond donors (Lipinski definition) is 0. The van der Waals surface area contributed by atoms with Gasteiger partial charge in [-0.15, -0.1) is 0 Å². The molecule has 2 nitrogen and oxygen atoms in total. The van der Waals surface area contributed by atoms with Crippen molar-refractivity contribution in [2.24, 2.45) is 0 Å². The molecule has 2 heterocycles. The lowest BCUT2D eigenvalue weighted by Crippen LogP contribution is -2.22. The minimum atomic E-state index is 0.381. The molecular formula is C11H15NOS. The SMILES string of the molecule is Cc1ccc(OC2CCSCC2)nc1. The average Bonchev–Trinajstić information content (AvgIpc) is 2.23. The second kappa shape index (κ2) is 4.69. The van der Waals surface area contributed by atoms with Crippen molar-refractivity contribution in [3.63, 3.8) is 0 Å². The van der Waals surface area contributed by atoms with Crippen molar-refractivity contribution < 1.29 is 4.74 Å². The molecule has 14 heavy (non-hydrogen) atoms. The van der Waals surface area contributed by atoms with Gasteiger partial charge in [-0.05, 0) is 36.8 Å². The summed E-state index contributed by atoms with van der Waals surface area (Å²) in [5, 5.41) is 0. The first kappa shape index (κ1) is 9.84. The van der Waals surface area contributed by atoms with E-state index in [4.69, 9.17) is 4.74 Å². The molecular weight excluding hydrogens is 194 g/mol. The van der Waals surface area contributed by atoms with Crippen LogP contribution in [0.2, 0.25) is 0 Å². The number of aromatic nitrogens is 1. The minimum Gasteiger partial charge on any atom is -0.474 e. The second-order valence-corrected chi connectivity index (χ2v) is 4.83. The van der Waals surface area contributed by atoms with Crippen LogP contribution in [0.15, 0.2) is 18.3 Å². The van der Waals surface area contributed by atoms with Crippen LogP contribution in [-0.2, 0) is 0 Å². The number of ether oxygens (including phenoxy) is 1. The topological polar surface area (TPSA) is 22.1 Å². The van der Waals surface area contributed by atoms with Crippen molar-refractivity contribution in [1.29, 1.82) is 0 Å². The van der Waals surface area contributed by atoms with Gasteiger partial charge in [0.2, 0.25) is 5.88 Å². The van der Waals surface area contributed by atoms with Crippen LogP contribution < -0.4 is 4.74 Å². The van der Waals surface area contributed by atoms with E-state index in [-0.39, 0.29) is 0 Å². The maximum Gasteiger partial charge on any atom is 0.213 e. The van der Waals surface area contributed by atoms with Crippen molar-refractivity contribution in [1.82, 2.24) is 4.98 Å². The Balaban J connectivity index is 1.92. The van der Waals surface area contributed by atoms with Gasteiger partial charge in [0.05, 0.1) is 0 Å². The van der Waals surface area contributed by atoms with E-state index in [9.17, 15) is 0 Å². The van der Waals surface area contributed by atoms with Crippen molar-refractivity contribution in [2.45, 2.75) is 25.9 Å². The Hall–Kier alpha value is -0.700. The summed E-state index contributed by atoms with van der Waals surface area (Å²) in [6.45, 7) is 2.04. The van der Waals surface area contributed by atoms with Crippen LogP contribution in [0.4, 0.5) is 0 Å². The van der Waals surface area contributed by atoms with Crippen molar-refractivity contribution >= 4 is 11.8 Å². The number of aryl methyl sites for hydroxylation is 1. The number of rotatable bonds is 2. The van der Waals surface area contributed by atoms with Crippen LogP contribution >= 0.6 is 11.8 Å². The van der Waals surface area contributed by atoms with E-state index < -0.39 is 0 Å². The van der Waals surface area contributed by atoms with Gasteiger partial charge in [-0.25, -0.2) is 4.98 Å². The fraction of sp³-hybridized carbons (Fsp3) is 0.545. The minimum absolute atomic E-state index is 0.381. The van der Waals surface area contributed by atoms with Crippen LogP contribution in [0, 0.1) is 6.92 Å². The highest BCUT2D eigenvalue weighted by Gasteiger charge is 2.15. The van der Waals surface area contributed by atoms with Gasteiger partial charge in [0, 0.05) is 12.3 Å². The molecule has 1 aliphatic rings. The summed E-state index contributed by atoms with van der Waals surface area (Å²) in [5.41, 5.74) is 1.18. The van der Waals surface area contributed by atoms with Crippen LogP contribution in [0.5, 0.6) is 5.88 Å². The molecule has 0 atom stereocenters. The molecule has 0 aromatic carbocycles. The molecule has 1 aliphatic heterocycles. The molecule has 1 aromatic rings. The first-order chi connectivity index (χ1) is 6.84. The summed E-state index contributed by atoms with van der Waals surface area (Å²) in [4.78, 5) is 4.24. The van der Waals surface area contributed by atoms with E-state index in [2.05, 4.69) is 4.98 Å². The average molecular weight is 209 g/mol. The molecule has 0 N–H and O–H groups in total. The zero-order valence-corrected chi connectivity index (χ0v) is 9.22. The number of pyridine rings is 1. The van der Waals surface area contributed by atoms with Crippen molar-refractivity contribution in [3.8, 4) is 5.88 Å². The first-order valence-corrected chi connectivity index (χ1v) is 6.17. The highest BCUT2D eigenvalue weighted by Crippen LogP contribution is 2.21. The van der Waals surface area contributed by atoms with Crippen LogP contribution in [0.25, 0.3) is 0 Å². The van der Waals surface area contributed by atoms with Gasteiger partial charge in [0.25, 0.3) is 0 Å². The fourth-order valence-electron chi connectivity index (χ4n) is 1.49. The molecule has 76 valence electrons. The summed E-state index contributed by atoms with van der Waals surface area (Å²) in [7, 11) is 0. The number of nitrogens with zero attached hydrogens (tertiary/aromatic N) is 1. The molecule has 2 rings (SSSR count). The summed E-state index contributed by atoms with van der Waals surface area (Å²) in [6.07, 6.45) is 4.54. The van der Waals surface area contributed by atoms with Gasteiger partial charge in [-0.3, -0.25) is 0 Å². The standard InChI is InChI=1S/C11H15NOS/c1-9-2-3-11(12-8-9)13-10-4-6-14-7-5-10/h2-3,8,10H,4-7H2,1H3. The third-order valence-corrected chi connectivity index (χ3v) is 3.39. The Morgan fingerprint density at radius 1 is 1.36 bits per heavy atom. The van der Waals surface area contributed by atoms with Crippen LogP contribution in [-0.4, -0.2) is 22.6 Å².